The van der Waals surface area contributed by atoms with Crippen LogP contribution in [0, 0.1) is 13.8 Å². The first-order valence-electron chi connectivity index (χ1n) is 8.41. The first kappa shape index (κ1) is 18.5. The van der Waals surface area contributed by atoms with Crippen molar-refractivity contribution >= 4 is 14.6 Å². The molecule has 2 aromatic carbocycles. The topological polar surface area (TPSA) is 26.3 Å². The minimum absolute atomic E-state index is 0.175. The van der Waals surface area contributed by atoms with E-state index in [-0.39, 0.29) is 5.04 Å². The second-order valence-corrected chi connectivity index (χ2v) is 12.7. The highest BCUT2D eigenvalue weighted by molar-refractivity contribution is 6.74. The van der Waals surface area contributed by atoms with E-state index in [1.807, 2.05) is 19.1 Å². The lowest BCUT2D eigenvalue weighted by Gasteiger charge is -2.36. The Morgan fingerprint density at radius 3 is 2.21 bits per heavy atom. The van der Waals surface area contributed by atoms with Crippen molar-refractivity contribution in [3.05, 3.63) is 53.1 Å². The van der Waals surface area contributed by atoms with E-state index in [2.05, 4.69) is 65.1 Å². The summed E-state index contributed by atoms with van der Waals surface area (Å²) in [6.45, 7) is 15.3. The Balaban J connectivity index is 2.40. The van der Waals surface area contributed by atoms with Gasteiger partial charge < -0.3 is 4.43 Å². The molecule has 0 heterocycles. The van der Waals surface area contributed by atoms with Crippen LogP contribution >= 0.6 is 0 Å². The van der Waals surface area contributed by atoms with Crippen LogP contribution in [0.1, 0.15) is 42.3 Å². The van der Waals surface area contributed by atoms with Gasteiger partial charge in [0.2, 0.25) is 8.32 Å². The van der Waals surface area contributed by atoms with Gasteiger partial charge in [0.25, 0.3) is 0 Å². The minimum Gasteiger partial charge on any atom is -0.543 e. The molecular formula is C21H28O2Si. The monoisotopic (exact) mass is 340 g/mol. The highest BCUT2D eigenvalue weighted by atomic mass is 28.4. The maximum absolute atomic E-state index is 11.2. The van der Waals surface area contributed by atoms with Crippen molar-refractivity contribution < 1.29 is 9.22 Å². The molecule has 0 spiro atoms. The quantitative estimate of drug-likeness (QED) is 0.491. The molecule has 0 unspecified atom stereocenters. The third-order valence-electron chi connectivity index (χ3n) is 5.17. The second kappa shape index (κ2) is 6.56. The van der Waals surface area contributed by atoms with Gasteiger partial charge >= 0.3 is 0 Å². The fourth-order valence-corrected chi connectivity index (χ4v) is 3.54. The Hall–Kier alpha value is -1.87. The summed E-state index contributed by atoms with van der Waals surface area (Å²) in [6, 6.07) is 12.1. The average molecular weight is 341 g/mol. The highest BCUT2D eigenvalue weighted by Crippen LogP contribution is 2.38. The van der Waals surface area contributed by atoms with Crippen molar-refractivity contribution in [1.29, 1.82) is 0 Å². The van der Waals surface area contributed by atoms with Gasteiger partial charge in [0, 0.05) is 5.56 Å². The Bertz CT molecular complexity index is 755. The lowest BCUT2D eigenvalue weighted by Crippen LogP contribution is -2.43. The fourth-order valence-electron chi connectivity index (χ4n) is 2.52. The zero-order valence-corrected chi connectivity index (χ0v) is 16.9. The Labute approximate surface area is 147 Å². The van der Waals surface area contributed by atoms with Crippen LogP contribution in [0.4, 0.5) is 0 Å². The molecule has 128 valence electrons. The van der Waals surface area contributed by atoms with Crippen LogP contribution in [0.25, 0.3) is 11.1 Å². The molecule has 0 N–H and O–H groups in total. The van der Waals surface area contributed by atoms with Gasteiger partial charge in [-0.1, -0.05) is 45.0 Å². The molecule has 3 heteroatoms. The van der Waals surface area contributed by atoms with Crippen molar-refractivity contribution in [2.45, 2.75) is 52.8 Å². The summed E-state index contributed by atoms with van der Waals surface area (Å²) >= 11 is 0. The molecule has 0 saturated carbocycles. The van der Waals surface area contributed by atoms with E-state index in [4.69, 9.17) is 4.43 Å². The number of aryl methyl sites for hydroxylation is 1. The number of carbonyl (C=O) groups excluding carboxylic acids is 1. The van der Waals surface area contributed by atoms with E-state index in [1.54, 1.807) is 0 Å². The van der Waals surface area contributed by atoms with Crippen LogP contribution in [-0.4, -0.2) is 14.6 Å². The summed E-state index contributed by atoms with van der Waals surface area (Å²) in [5, 5.41) is 0.175. The van der Waals surface area contributed by atoms with Gasteiger partial charge in [0.1, 0.15) is 12.0 Å². The molecule has 0 aliphatic rings. The number of aldehydes is 1. The molecule has 0 fully saturated rings. The van der Waals surface area contributed by atoms with E-state index in [9.17, 15) is 4.79 Å². The van der Waals surface area contributed by atoms with Crippen molar-refractivity contribution in [3.63, 3.8) is 0 Å². The fraction of sp³-hybridized carbons (Fsp3) is 0.381. The largest absolute Gasteiger partial charge is 0.543 e. The van der Waals surface area contributed by atoms with Crippen LogP contribution in [0.3, 0.4) is 0 Å². The summed E-state index contributed by atoms with van der Waals surface area (Å²) in [4.78, 5) is 11.2. The zero-order chi connectivity index (χ0) is 18.1. The SMILES string of the molecule is Cc1cc(O[Si](C)(C)C(C)(C)C)ccc1-c1cccc(C=O)c1C. The summed E-state index contributed by atoms with van der Waals surface area (Å²) in [5.74, 6) is 0.937. The summed E-state index contributed by atoms with van der Waals surface area (Å²) in [7, 11) is -1.84. The summed E-state index contributed by atoms with van der Waals surface area (Å²) in [5.41, 5.74) is 5.19. The predicted octanol–water partition coefficient (Wildman–Crippen LogP) is 6.17. The van der Waals surface area contributed by atoms with E-state index in [1.165, 1.54) is 0 Å². The number of hydrogen-bond donors (Lipinski definition) is 0. The average Bonchev–Trinajstić information content (AvgIpc) is 2.47. The van der Waals surface area contributed by atoms with E-state index < -0.39 is 8.32 Å². The summed E-state index contributed by atoms with van der Waals surface area (Å²) in [6.07, 6.45) is 0.920. The molecule has 0 amide bonds. The maximum Gasteiger partial charge on any atom is 0.250 e. The predicted molar refractivity (Wildman–Crippen MR) is 105 cm³/mol. The zero-order valence-electron chi connectivity index (χ0n) is 15.9. The lowest BCUT2D eigenvalue weighted by atomic mass is 9.94. The summed E-state index contributed by atoms with van der Waals surface area (Å²) < 4.78 is 6.40. The van der Waals surface area contributed by atoms with Crippen molar-refractivity contribution in [2.75, 3.05) is 0 Å². The second-order valence-electron chi connectivity index (χ2n) is 7.98. The number of hydrogen-bond acceptors (Lipinski definition) is 2. The molecule has 2 nitrogen and oxygen atoms in total. The van der Waals surface area contributed by atoms with Crippen LogP contribution in [0.2, 0.25) is 18.1 Å². The molecule has 2 aromatic rings. The molecule has 0 aromatic heterocycles. The first-order chi connectivity index (χ1) is 11.1. The third kappa shape index (κ3) is 3.62. The molecule has 0 bridgehead atoms. The molecule has 0 aliphatic heterocycles. The Kier molecular flexibility index (Phi) is 5.05. The Morgan fingerprint density at radius 1 is 1.00 bits per heavy atom. The smallest absolute Gasteiger partial charge is 0.250 e. The van der Waals surface area contributed by atoms with Crippen molar-refractivity contribution in [3.8, 4) is 16.9 Å². The van der Waals surface area contributed by atoms with Gasteiger partial charge in [0.15, 0.2) is 0 Å². The van der Waals surface area contributed by atoms with Crippen LogP contribution in [-0.2, 0) is 0 Å². The van der Waals surface area contributed by atoms with Gasteiger partial charge in [-0.3, -0.25) is 4.79 Å². The Morgan fingerprint density at radius 2 is 1.67 bits per heavy atom. The molecule has 0 radical (unpaired) electrons. The van der Waals surface area contributed by atoms with Crippen LogP contribution < -0.4 is 4.43 Å². The van der Waals surface area contributed by atoms with Crippen molar-refractivity contribution in [2.24, 2.45) is 0 Å². The molecule has 24 heavy (non-hydrogen) atoms. The van der Waals surface area contributed by atoms with E-state index in [0.717, 1.165) is 39.9 Å². The van der Waals surface area contributed by atoms with Crippen LogP contribution in [0.5, 0.6) is 5.75 Å². The van der Waals surface area contributed by atoms with Gasteiger partial charge in [-0.05, 0) is 66.4 Å². The maximum atomic E-state index is 11.2. The standard InChI is InChI=1S/C21H28O2Si/c1-15-13-18(23-24(6,7)21(3,4)5)11-12-19(15)20-10-8-9-17(14-22)16(20)2/h8-14H,1-7H3. The number of carbonyl (C=O) groups is 1. The minimum atomic E-state index is -1.84. The van der Waals surface area contributed by atoms with E-state index in [0.29, 0.717) is 0 Å². The number of rotatable bonds is 4. The first-order valence-corrected chi connectivity index (χ1v) is 11.3. The molecule has 0 aliphatic carbocycles. The van der Waals surface area contributed by atoms with Gasteiger partial charge in [-0.2, -0.15) is 0 Å². The van der Waals surface area contributed by atoms with Crippen LogP contribution in [0.15, 0.2) is 36.4 Å². The third-order valence-corrected chi connectivity index (χ3v) is 9.53. The van der Waals surface area contributed by atoms with Gasteiger partial charge in [0.05, 0.1) is 0 Å². The van der Waals surface area contributed by atoms with E-state index >= 15 is 0 Å². The van der Waals surface area contributed by atoms with Gasteiger partial charge in [-0.15, -0.1) is 0 Å². The molecule has 0 atom stereocenters. The normalized spacial score (nSPS) is 12.1. The van der Waals surface area contributed by atoms with Gasteiger partial charge in [-0.25, -0.2) is 0 Å². The molecule has 0 saturated heterocycles. The lowest BCUT2D eigenvalue weighted by molar-refractivity contribution is 0.112. The molecule has 2 rings (SSSR count). The number of benzene rings is 2. The molecular weight excluding hydrogens is 312 g/mol. The van der Waals surface area contributed by atoms with Crippen molar-refractivity contribution in [1.82, 2.24) is 0 Å². The highest BCUT2D eigenvalue weighted by Gasteiger charge is 2.39.